The fourth-order valence-corrected chi connectivity index (χ4v) is 10.5. The number of rotatable bonds is 6. The van der Waals surface area contributed by atoms with Crippen LogP contribution in [0.4, 0.5) is 79.0 Å². The van der Waals surface area contributed by atoms with Gasteiger partial charge < -0.3 is 0 Å². The van der Waals surface area contributed by atoms with E-state index in [2.05, 4.69) is 9.22 Å². The number of hydrogen-bond acceptors (Lipinski definition) is 3. The third-order valence-electron chi connectivity index (χ3n) is 3.52. The van der Waals surface area contributed by atoms with Gasteiger partial charge in [0.2, 0.25) is 0 Å². The van der Waals surface area contributed by atoms with Gasteiger partial charge in [-0.2, -0.15) is 0 Å². The Morgan fingerprint density at radius 2 is 0.514 bits per heavy atom. The zero-order valence-electron chi connectivity index (χ0n) is 16.8. The Morgan fingerprint density at radius 3 is 0.600 bits per heavy atom. The SMILES string of the molecule is C[C](C)(C)[Sn]([O]C(C(F)(F)F)C(F)(F)F)([O]C(C(F)(F)F)C(F)(F)F)[O]C(C(F)(F)F)C(F)(F)F. The van der Waals surface area contributed by atoms with Gasteiger partial charge in [-0.25, -0.2) is 0 Å². The fourth-order valence-electron chi connectivity index (χ4n) is 2.04. The van der Waals surface area contributed by atoms with Crippen LogP contribution in [0.2, 0.25) is 3.43 Å². The molecule has 0 aromatic rings. The molecule has 212 valence electrons. The normalized spacial score (nSPS) is 16.1. The van der Waals surface area contributed by atoms with Crippen LogP contribution < -0.4 is 0 Å². The van der Waals surface area contributed by atoms with Crippen molar-refractivity contribution < 1.29 is 88.2 Å². The first-order chi connectivity index (χ1) is 14.8. The summed E-state index contributed by atoms with van der Waals surface area (Å²) in [6.07, 6.45) is -57.3. The van der Waals surface area contributed by atoms with E-state index in [0.29, 0.717) is 0 Å². The molecule has 22 heteroatoms. The maximum absolute atomic E-state index is 12.9. The van der Waals surface area contributed by atoms with E-state index in [1.807, 2.05) is 0 Å². The molecule has 0 fully saturated rings. The molecule has 0 aromatic heterocycles. The van der Waals surface area contributed by atoms with Gasteiger partial charge in [0, 0.05) is 0 Å². The Labute approximate surface area is 188 Å². The Morgan fingerprint density at radius 1 is 0.371 bits per heavy atom. The fraction of sp³-hybridized carbons (Fsp3) is 1.00. The summed E-state index contributed by atoms with van der Waals surface area (Å²) in [6, 6.07) is 0. The zero-order chi connectivity index (χ0) is 28.9. The van der Waals surface area contributed by atoms with Crippen LogP contribution >= 0.6 is 0 Å². The average Bonchev–Trinajstić information content (AvgIpc) is 2.45. The van der Waals surface area contributed by atoms with Crippen molar-refractivity contribution in [2.45, 2.75) is 79.6 Å². The van der Waals surface area contributed by atoms with Crippen molar-refractivity contribution in [1.29, 1.82) is 0 Å². The van der Waals surface area contributed by atoms with Gasteiger partial charge in [0.15, 0.2) is 0 Å². The van der Waals surface area contributed by atoms with Crippen LogP contribution in [0.25, 0.3) is 0 Å². The van der Waals surface area contributed by atoms with Crippen molar-refractivity contribution in [1.82, 2.24) is 0 Å². The molecule has 0 aliphatic rings. The molecular formula is C13H12F18O3Sn. The summed E-state index contributed by atoms with van der Waals surface area (Å²) in [7, 11) is 0. The maximum atomic E-state index is 12.9. The number of alkyl halides is 18. The predicted molar refractivity (Wildman–Crippen MR) is 76.4 cm³/mol. The Hall–Kier alpha value is -0.581. The molecule has 0 rings (SSSR count). The van der Waals surface area contributed by atoms with Crippen molar-refractivity contribution in [2.24, 2.45) is 0 Å². The van der Waals surface area contributed by atoms with Gasteiger partial charge in [0.05, 0.1) is 0 Å². The minimum absolute atomic E-state index is 0.0838. The van der Waals surface area contributed by atoms with Crippen molar-refractivity contribution in [2.75, 3.05) is 0 Å². The van der Waals surface area contributed by atoms with Gasteiger partial charge in [-0.15, -0.1) is 0 Å². The molecule has 35 heavy (non-hydrogen) atoms. The van der Waals surface area contributed by atoms with E-state index in [1.54, 1.807) is 0 Å². The molecule has 0 N–H and O–H groups in total. The van der Waals surface area contributed by atoms with Gasteiger partial charge in [-0.05, 0) is 0 Å². The van der Waals surface area contributed by atoms with Crippen molar-refractivity contribution >= 4 is 19.6 Å². The molecule has 0 bridgehead atoms. The Balaban J connectivity index is 7.40. The van der Waals surface area contributed by atoms with Crippen LogP contribution in [0.15, 0.2) is 0 Å². The molecule has 0 aromatic carbocycles. The summed E-state index contributed by atoms with van der Waals surface area (Å²) in [5.41, 5.74) is 0. The molecule has 0 spiro atoms. The molecule has 0 unspecified atom stereocenters. The molecule has 0 atom stereocenters. The average molecular weight is 677 g/mol. The van der Waals surface area contributed by atoms with E-state index in [-0.39, 0.29) is 20.8 Å². The van der Waals surface area contributed by atoms with Crippen LogP contribution in [-0.4, -0.2) is 75.0 Å². The van der Waals surface area contributed by atoms with Crippen molar-refractivity contribution in [3.8, 4) is 0 Å². The van der Waals surface area contributed by atoms with E-state index in [9.17, 15) is 79.0 Å². The number of hydrogen-bond donors (Lipinski definition) is 0. The summed E-state index contributed by atoms with van der Waals surface area (Å²) in [6.45, 7) is 0.252. The first kappa shape index (κ1) is 34.4. The Bertz CT molecular complexity index is 566. The molecular weight excluding hydrogens is 665 g/mol. The van der Waals surface area contributed by atoms with E-state index >= 15 is 0 Å². The molecule has 0 saturated carbocycles. The summed E-state index contributed by atoms with van der Waals surface area (Å²) in [5.74, 6) is 0. The van der Waals surface area contributed by atoms with E-state index in [4.69, 9.17) is 0 Å². The third-order valence-corrected chi connectivity index (χ3v) is 13.4. The van der Waals surface area contributed by atoms with Crippen LogP contribution in [0.5, 0.6) is 0 Å². The zero-order valence-corrected chi connectivity index (χ0v) is 19.6. The second-order valence-corrected chi connectivity index (χ2v) is 17.0. The summed E-state index contributed by atoms with van der Waals surface area (Å²) < 4.78 is 239. The van der Waals surface area contributed by atoms with Crippen molar-refractivity contribution in [3.63, 3.8) is 0 Å². The second kappa shape index (κ2) is 9.95. The van der Waals surface area contributed by atoms with Gasteiger partial charge in [0.1, 0.15) is 0 Å². The van der Waals surface area contributed by atoms with Crippen LogP contribution in [0.3, 0.4) is 0 Å². The first-order valence-electron chi connectivity index (χ1n) is 8.20. The summed E-state index contributed by atoms with van der Waals surface area (Å²) >= 11 is -8.74. The summed E-state index contributed by atoms with van der Waals surface area (Å²) in [4.78, 5) is 0. The van der Waals surface area contributed by atoms with E-state index in [1.165, 1.54) is 0 Å². The predicted octanol–water partition coefficient (Wildman–Crippen LogP) is 7.25. The van der Waals surface area contributed by atoms with E-state index < -0.39 is 78.4 Å². The monoisotopic (exact) mass is 678 g/mol. The standard InChI is InChI=1S/C4H9.3C3HF6O.Sn/c1-4(2)3;3*4-2(5,6)1(10)3(7,8)9;/h1-3H3;3*1H;/q;3*-1;+3. The van der Waals surface area contributed by atoms with Gasteiger partial charge >= 0.3 is 187 Å². The molecule has 0 aliphatic heterocycles. The molecule has 0 amide bonds. The summed E-state index contributed by atoms with van der Waals surface area (Å²) in [5, 5.41) is 0. The van der Waals surface area contributed by atoms with Crippen LogP contribution in [-0.2, 0) is 9.22 Å². The molecule has 0 aliphatic carbocycles. The second-order valence-electron chi connectivity index (χ2n) is 7.55. The molecule has 0 radical (unpaired) electrons. The Kier molecular flexibility index (Phi) is 9.78. The van der Waals surface area contributed by atoms with Crippen molar-refractivity contribution in [3.05, 3.63) is 0 Å². The van der Waals surface area contributed by atoms with Gasteiger partial charge in [0.25, 0.3) is 0 Å². The minimum atomic E-state index is -8.74. The van der Waals surface area contributed by atoms with E-state index in [0.717, 1.165) is 0 Å². The van der Waals surface area contributed by atoms with Gasteiger partial charge in [-0.3, -0.25) is 0 Å². The van der Waals surface area contributed by atoms with Gasteiger partial charge in [-0.1, -0.05) is 0 Å². The molecule has 3 nitrogen and oxygen atoms in total. The quantitative estimate of drug-likeness (QED) is 0.219. The number of halogens is 18. The van der Waals surface area contributed by atoms with Crippen LogP contribution in [0.1, 0.15) is 20.8 Å². The first-order valence-corrected chi connectivity index (χ1v) is 13.1. The van der Waals surface area contributed by atoms with Crippen LogP contribution in [0, 0.1) is 0 Å². The molecule has 0 heterocycles. The molecule has 0 saturated heterocycles. The third kappa shape index (κ3) is 9.34. The topological polar surface area (TPSA) is 27.7 Å².